The molecule has 1 saturated heterocycles. The number of nitrogens with zero attached hydrogens (tertiary/aromatic N) is 1. The summed E-state index contributed by atoms with van der Waals surface area (Å²) in [5, 5.41) is 0. The van der Waals surface area contributed by atoms with E-state index in [1.165, 1.54) is 21.9 Å². The Morgan fingerprint density at radius 1 is 1.32 bits per heavy atom. The van der Waals surface area contributed by atoms with E-state index < -0.39 is 5.60 Å². The maximum atomic E-state index is 12.0. The summed E-state index contributed by atoms with van der Waals surface area (Å²) >= 11 is 4.25. The molecule has 1 aliphatic rings. The van der Waals surface area contributed by atoms with Crippen molar-refractivity contribution in [3.8, 4) is 0 Å². The molecule has 3 nitrogen and oxygen atoms in total. The Labute approximate surface area is 150 Å². The van der Waals surface area contributed by atoms with Crippen molar-refractivity contribution in [3.05, 3.63) is 42.3 Å². The van der Waals surface area contributed by atoms with Crippen LogP contribution in [-0.4, -0.2) is 29.7 Å². The molecule has 0 atom stereocenters. The van der Waals surface area contributed by atoms with Crippen LogP contribution in [0.25, 0.3) is 0 Å². The van der Waals surface area contributed by atoms with Gasteiger partial charge < -0.3 is 9.64 Å². The van der Waals surface area contributed by atoms with E-state index in [9.17, 15) is 4.79 Å². The van der Waals surface area contributed by atoms with E-state index in [0.717, 1.165) is 31.5 Å². The molecule has 1 heterocycles. The summed E-state index contributed by atoms with van der Waals surface area (Å²) in [6, 6.07) is 8.37. The Morgan fingerprint density at radius 3 is 2.41 bits per heavy atom. The van der Waals surface area contributed by atoms with Crippen molar-refractivity contribution in [3.63, 3.8) is 0 Å². The quantitative estimate of drug-likeness (QED) is 0.482. The Kier molecular flexibility index (Phi) is 7.92. The summed E-state index contributed by atoms with van der Waals surface area (Å²) in [6.07, 6.45) is 1.78. The molecule has 1 aromatic rings. The molecular formula is C17H24BrNO2Zn. The average Bonchev–Trinajstić information content (AvgIpc) is 2.48. The van der Waals surface area contributed by atoms with Crippen LogP contribution in [-0.2, 0) is 21.1 Å². The number of ether oxygens (including phenoxy) is 1. The summed E-state index contributed by atoms with van der Waals surface area (Å²) in [5.74, 6) is 0.524. The number of carbonyl (C=O) groups excluding carboxylic acids is 1. The fourth-order valence-corrected chi connectivity index (χ4v) is 2.57. The van der Waals surface area contributed by atoms with Gasteiger partial charge in [0.05, 0.1) is 0 Å². The van der Waals surface area contributed by atoms with Crippen LogP contribution in [0.2, 0.25) is 0 Å². The first-order valence-electron chi connectivity index (χ1n) is 7.52. The van der Waals surface area contributed by atoms with Crippen molar-refractivity contribution >= 4 is 19.7 Å². The van der Waals surface area contributed by atoms with E-state index in [0.29, 0.717) is 5.92 Å². The molecule has 0 aliphatic carbocycles. The first-order valence-corrected chi connectivity index (χ1v) is 14.5. The number of rotatable bonds is 1. The van der Waals surface area contributed by atoms with Crippen molar-refractivity contribution in [1.82, 2.24) is 4.90 Å². The molecule has 1 aromatic carbocycles. The van der Waals surface area contributed by atoms with Crippen LogP contribution in [0.15, 0.2) is 24.3 Å². The first kappa shape index (κ1) is 19.5. The van der Waals surface area contributed by atoms with E-state index in [4.69, 9.17) is 4.74 Å². The molecule has 22 heavy (non-hydrogen) atoms. The van der Waals surface area contributed by atoms with Crippen molar-refractivity contribution < 1.29 is 25.9 Å². The summed E-state index contributed by atoms with van der Waals surface area (Å²) in [5.41, 5.74) is 1.97. The van der Waals surface area contributed by atoms with Crippen LogP contribution in [0.5, 0.6) is 0 Å². The van der Waals surface area contributed by atoms with E-state index in [-0.39, 0.29) is 6.09 Å². The van der Waals surface area contributed by atoms with Gasteiger partial charge in [0.15, 0.2) is 0 Å². The third-order valence-electron chi connectivity index (χ3n) is 3.57. The van der Waals surface area contributed by atoms with Gasteiger partial charge in [-0.25, -0.2) is 4.79 Å². The number of hydrogen-bond acceptors (Lipinski definition) is 2. The van der Waals surface area contributed by atoms with Gasteiger partial charge in [0, 0.05) is 13.1 Å². The molecule has 1 aliphatic heterocycles. The molecule has 1 fully saturated rings. The zero-order valence-electron chi connectivity index (χ0n) is 13.8. The molecular weight excluding hydrogens is 395 g/mol. The fourth-order valence-electron chi connectivity index (χ4n) is 2.57. The standard InChI is InChI=1S/C17H24NO2.BrH.Zn/c1-13-6-5-7-15(12-13)14-8-10-18(11-9-14)16(19)20-17(2,3)4;;/h5-7,12,14H,1,8-11H2,2-4H3;1H;/q-1;;+2/p-1. The first-order chi connectivity index (χ1) is 10.3. The number of amides is 1. The number of carbonyl (C=O) groups is 1. The van der Waals surface area contributed by atoms with Gasteiger partial charge in [-0.1, -0.05) is 6.07 Å². The number of piperidine rings is 1. The number of likely N-dealkylation sites (tertiary alicyclic amines) is 1. The normalized spacial score (nSPS) is 15.8. The Hall–Kier alpha value is -0.537. The number of benzene rings is 1. The summed E-state index contributed by atoms with van der Waals surface area (Å²) < 4.78 is 5.41. The third-order valence-corrected chi connectivity index (χ3v) is 3.57. The van der Waals surface area contributed by atoms with Crippen molar-refractivity contribution in [2.24, 2.45) is 0 Å². The van der Waals surface area contributed by atoms with Gasteiger partial charge in [-0.3, -0.25) is 0 Å². The predicted octanol–water partition coefficient (Wildman–Crippen LogP) is 4.83. The molecule has 0 spiro atoms. The second-order valence-electron chi connectivity index (χ2n) is 6.49. The SMILES string of the molecule is [CH2-]c1cccc(C2CCN(C(=O)OC(C)(C)C)CC2)c1.[Zn+][Br]. The topological polar surface area (TPSA) is 29.5 Å². The Balaban J connectivity index is 0.00000116. The van der Waals surface area contributed by atoms with Gasteiger partial charge in [0.25, 0.3) is 0 Å². The minimum absolute atomic E-state index is 0.193. The van der Waals surface area contributed by atoms with Crippen LogP contribution >= 0.6 is 13.6 Å². The van der Waals surface area contributed by atoms with Gasteiger partial charge in [-0.2, -0.15) is 24.6 Å². The van der Waals surface area contributed by atoms with Crippen LogP contribution in [0, 0.1) is 6.92 Å². The summed E-state index contributed by atoms with van der Waals surface area (Å²) in [4.78, 5) is 13.8. The molecule has 0 unspecified atom stereocenters. The maximum absolute atomic E-state index is 12.0. The molecule has 0 radical (unpaired) electrons. The van der Waals surface area contributed by atoms with Gasteiger partial charge >= 0.3 is 36.1 Å². The molecule has 0 bridgehead atoms. The molecule has 2 rings (SSSR count). The van der Waals surface area contributed by atoms with E-state index in [1.807, 2.05) is 31.7 Å². The average molecular weight is 420 g/mol. The second kappa shape index (κ2) is 8.93. The second-order valence-corrected chi connectivity index (χ2v) is 6.49. The van der Waals surface area contributed by atoms with Gasteiger partial charge in [0.1, 0.15) is 5.60 Å². The van der Waals surface area contributed by atoms with E-state index in [1.54, 1.807) is 0 Å². The number of hydrogen-bond donors (Lipinski definition) is 0. The van der Waals surface area contributed by atoms with E-state index in [2.05, 4.69) is 38.7 Å². The van der Waals surface area contributed by atoms with Crippen molar-refractivity contribution in [2.45, 2.75) is 45.1 Å². The Morgan fingerprint density at radius 2 is 1.91 bits per heavy atom. The zero-order chi connectivity index (χ0) is 16.8. The van der Waals surface area contributed by atoms with Crippen LogP contribution in [0.4, 0.5) is 4.79 Å². The van der Waals surface area contributed by atoms with Gasteiger partial charge in [0.2, 0.25) is 0 Å². The fraction of sp³-hybridized carbons (Fsp3) is 0.529. The monoisotopic (exact) mass is 417 g/mol. The van der Waals surface area contributed by atoms with Crippen LogP contribution in [0.1, 0.15) is 50.7 Å². The zero-order valence-corrected chi connectivity index (χ0v) is 18.3. The molecule has 0 saturated carbocycles. The Bertz CT molecular complexity index is 480. The van der Waals surface area contributed by atoms with Crippen molar-refractivity contribution in [2.75, 3.05) is 13.1 Å². The summed E-state index contributed by atoms with van der Waals surface area (Å²) in [6.45, 7) is 11.2. The van der Waals surface area contributed by atoms with Crippen molar-refractivity contribution in [1.29, 1.82) is 0 Å². The number of halogens is 1. The molecule has 5 heteroatoms. The minimum atomic E-state index is -0.420. The van der Waals surface area contributed by atoms with Crippen LogP contribution in [0.3, 0.4) is 0 Å². The van der Waals surface area contributed by atoms with Crippen LogP contribution < -0.4 is 0 Å². The molecule has 0 N–H and O–H groups in total. The summed E-state index contributed by atoms with van der Waals surface area (Å²) in [7, 11) is 0. The third kappa shape index (κ3) is 6.30. The molecule has 0 aromatic heterocycles. The molecule has 1 amide bonds. The van der Waals surface area contributed by atoms with Gasteiger partial charge in [-0.15, -0.1) is 11.6 Å². The van der Waals surface area contributed by atoms with Gasteiger partial charge in [-0.05, 0) is 39.5 Å². The molecule has 118 valence electrons. The predicted molar refractivity (Wildman–Crippen MR) is 89.6 cm³/mol. The van der Waals surface area contributed by atoms with E-state index >= 15 is 0 Å².